The summed E-state index contributed by atoms with van der Waals surface area (Å²) < 4.78 is 0. The summed E-state index contributed by atoms with van der Waals surface area (Å²) in [6, 6.07) is 8.50. The highest BCUT2D eigenvalue weighted by molar-refractivity contribution is 5.85. The highest BCUT2D eigenvalue weighted by Gasteiger charge is 2.13. The maximum atomic E-state index is 4.53. The van der Waals surface area contributed by atoms with E-state index in [1.165, 1.54) is 12.8 Å². The van der Waals surface area contributed by atoms with Crippen LogP contribution in [-0.2, 0) is 0 Å². The van der Waals surface area contributed by atoms with Crippen molar-refractivity contribution in [3.8, 4) is 0 Å². The standard InChI is InChI=1S/C13H16N4.ClH/c1-2-6-12-11(5-1)15-9-13(17-12)16-8-10-4-3-7-14-10;/h1-2,5-6,9-10,14H,3-4,7-8H2,(H,16,17);1H. The number of nitrogens with zero attached hydrogens (tertiary/aromatic N) is 2. The lowest BCUT2D eigenvalue weighted by Crippen LogP contribution is -2.29. The molecule has 1 atom stereocenters. The van der Waals surface area contributed by atoms with E-state index in [0.717, 1.165) is 29.9 Å². The van der Waals surface area contributed by atoms with Crippen molar-refractivity contribution in [1.82, 2.24) is 15.3 Å². The SMILES string of the molecule is Cl.c1ccc2nc(NCC3CCCN3)cnc2c1. The van der Waals surface area contributed by atoms with E-state index >= 15 is 0 Å². The Bertz CT molecular complexity index is 511. The lowest BCUT2D eigenvalue weighted by atomic mass is 10.2. The molecule has 0 amide bonds. The number of hydrogen-bond donors (Lipinski definition) is 2. The molecule has 1 aliphatic rings. The van der Waals surface area contributed by atoms with E-state index in [1.54, 1.807) is 6.20 Å². The minimum absolute atomic E-state index is 0. The van der Waals surface area contributed by atoms with Gasteiger partial charge in [0.15, 0.2) is 0 Å². The number of halogens is 1. The lowest BCUT2D eigenvalue weighted by Gasteiger charge is -2.11. The summed E-state index contributed by atoms with van der Waals surface area (Å²) in [4.78, 5) is 8.92. The molecule has 4 nitrogen and oxygen atoms in total. The van der Waals surface area contributed by atoms with Crippen LogP contribution in [0.2, 0.25) is 0 Å². The molecule has 1 saturated heterocycles. The zero-order valence-corrected chi connectivity index (χ0v) is 10.9. The van der Waals surface area contributed by atoms with Gasteiger partial charge in [-0.25, -0.2) is 4.98 Å². The van der Waals surface area contributed by atoms with Crippen molar-refractivity contribution in [2.45, 2.75) is 18.9 Å². The van der Waals surface area contributed by atoms with Gasteiger partial charge in [-0.3, -0.25) is 4.98 Å². The molecule has 2 aromatic rings. The van der Waals surface area contributed by atoms with Crippen LogP contribution in [0.3, 0.4) is 0 Å². The fraction of sp³-hybridized carbons (Fsp3) is 0.385. The molecular weight excluding hydrogens is 248 g/mol. The Kier molecular flexibility index (Phi) is 4.33. The molecule has 18 heavy (non-hydrogen) atoms. The summed E-state index contributed by atoms with van der Waals surface area (Å²) >= 11 is 0. The summed E-state index contributed by atoms with van der Waals surface area (Å²) in [5.41, 5.74) is 1.88. The second-order valence-electron chi connectivity index (χ2n) is 4.42. The lowest BCUT2D eigenvalue weighted by molar-refractivity contribution is 0.632. The van der Waals surface area contributed by atoms with Crippen molar-refractivity contribution in [1.29, 1.82) is 0 Å². The van der Waals surface area contributed by atoms with Gasteiger partial charge in [0.1, 0.15) is 5.82 Å². The van der Waals surface area contributed by atoms with E-state index in [0.29, 0.717) is 6.04 Å². The predicted molar refractivity (Wildman–Crippen MR) is 76.3 cm³/mol. The summed E-state index contributed by atoms with van der Waals surface area (Å²) in [7, 11) is 0. The van der Waals surface area contributed by atoms with Crippen molar-refractivity contribution in [2.75, 3.05) is 18.4 Å². The van der Waals surface area contributed by atoms with Gasteiger partial charge in [-0.1, -0.05) is 12.1 Å². The van der Waals surface area contributed by atoms with Crippen molar-refractivity contribution >= 4 is 29.3 Å². The first kappa shape index (κ1) is 13.1. The first-order valence-corrected chi connectivity index (χ1v) is 6.11. The van der Waals surface area contributed by atoms with Crippen LogP contribution in [0.4, 0.5) is 5.82 Å². The molecule has 2 N–H and O–H groups in total. The monoisotopic (exact) mass is 264 g/mol. The van der Waals surface area contributed by atoms with Crippen molar-refractivity contribution < 1.29 is 0 Å². The van der Waals surface area contributed by atoms with E-state index < -0.39 is 0 Å². The minimum atomic E-state index is 0. The Morgan fingerprint density at radius 2 is 2.11 bits per heavy atom. The Hall–Kier alpha value is -1.39. The number of rotatable bonds is 3. The average Bonchev–Trinajstić information content (AvgIpc) is 2.89. The zero-order valence-electron chi connectivity index (χ0n) is 10.1. The molecule has 0 radical (unpaired) electrons. The molecule has 1 fully saturated rings. The van der Waals surface area contributed by atoms with Gasteiger partial charge in [-0.05, 0) is 31.5 Å². The van der Waals surface area contributed by atoms with E-state index in [4.69, 9.17) is 0 Å². The summed E-state index contributed by atoms with van der Waals surface area (Å²) in [6.45, 7) is 2.06. The minimum Gasteiger partial charge on any atom is -0.367 e. The first-order chi connectivity index (χ1) is 8.42. The Morgan fingerprint density at radius 1 is 1.28 bits per heavy atom. The van der Waals surface area contributed by atoms with Crippen LogP contribution in [0.15, 0.2) is 30.5 Å². The molecule has 2 heterocycles. The van der Waals surface area contributed by atoms with Gasteiger partial charge < -0.3 is 10.6 Å². The summed E-state index contributed by atoms with van der Waals surface area (Å²) in [5, 5.41) is 6.80. The fourth-order valence-electron chi connectivity index (χ4n) is 2.20. The second kappa shape index (κ2) is 5.98. The number of anilines is 1. The van der Waals surface area contributed by atoms with Gasteiger partial charge in [0.25, 0.3) is 0 Å². The number of aromatic nitrogens is 2. The molecule has 1 unspecified atom stereocenters. The molecule has 1 aliphatic heterocycles. The smallest absolute Gasteiger partial charge is 0.145 e. The normalized spacial score (nSPS) is 18.6. The molecule has 3 rings (SSSR count). The molecule has 0 bridgehead atoms. The van der Waals surface area contributed by atoms with Gasteiger partial charge in [-0.15, -0.1) is 12.4 Å². The molecule has 5 heteroatoms. The number of nitrogens with one attached hydrogen (secondary N) is 2. The third-order valence-electron chi connectivity index (χ3n) is 3.14. The fourth-order valence-corrected chi connectivity index (χ4v) is 2.20. The van der Waals surface area contributed by atoms with Crippen LogP contribution in [-0.4, -0.2) is 29.1 Å². The molecule has 0 saturated carbocycles. The van der Waals surface area contributed by atoms with Crippen molar-refractivity contribution in [2.24, 2.45) is 0 Å². The van der Waals surface area contributed by atoms with Crippen LogP contribution < -0.4 is 10.6 Å². The van der Waals surface area contributed by atoms with E-state index in [2.05, 4.69) is 20.6 Å². The number of para-hydroxylation sites is 2. The zero-order chi connectivity index (χ0) is 11.5. The van der Waals surface area contributed by atoms with Crippen LogP contribution in [0.5, 0.6) is 0 Å². The third-order valence-corrected chi connectivity index (χ3v) is 3.14. The first-order valence-electron chi connectivity index (χ1n) is 6.11. The predicted octanol–water partition coefficient (Wildman–Crippen LogP) is 2.22. The van der Waals surface area contributed by atoms with E-state index in [1.807, 2.05) is 24.3 Å². The largest absolute Gasteiger partial charge is 0.367 e. The van der Waals surface area contributed by atoms with Gasteiger partial charge in [0.05, 0.1) is 17.2 Å². The maximum Gasteiger partial charge on any atom is 0.145 e. The van der Waals surface area contributed by atoms with Crippen LogP contribution in [0, 0.1) is 0 Å². The molecule has 0 aliphatic carbocycles. The van der Waals surface area contributed by atoms with Crippen LogP contribution >= 0.6 is 12.4 Å². The summed E-state index contributed by atoms with van der Waals surface area (Å²) in [6.07, 6.45) is 4.32. The van der Waals surface area contributed by atoms with Crippen molar-refractivity contribution in [3.63, 3.8) is 0 Å². The van der Waals surface area contributed by atoms with Gasteiger partial charge in [0, 0.05) is 12.6 Å². The Balaban J connectivity index is 0.00000120. The van der Waals surface area contributed by atoms with Gasteiger partial charge in [0.2, 0.25) is 0 Å². The number of benzene rings is 1. The van der Waals surface area contributed by atoms with Gasteiger partial charge >= 0.3 is 0 Å². The van der Waals surface area contributed by atoms with E-state index in [9.17, 15) is 0 Å². The molecular formula is C13H17ClN4. The van der Waals surface area contributed by atoms with E-state index in [-0.39, 0.29) is 12.4 Å². The van der Waals surface area contributed by atoms with Gasteiger partial charge in [-0.2, -0.15) is 0 Å². The second-order valence-corrected chi connectivity index (χ2v) is 4.42. The molecule has 1 aromatic carbocycles. The Labute approximate surface area is 113 Å². The quantitative estimate of drug-likeness (QED) is 0.893. The third kappa shape index (κ3) is 2.89. The summed E-state index contributed by atoms with van der Waals surface area (Å²) in [5.74, 6) is 0.859. The highest BCUT2D eigenvalue weighted by Crippen LogP contribution is 2.12. The highest BCUT2D eigenvalue weighted by atomic mass is 35.5. The van der Waals surface area contributed by atoms with Crippen molar-refractivity contribution in [3.05, 3.63) is 30.5 Å². The topological polar surface area (TPSA) is 49.8 Å². The maximum absolute atomic E-state index is 4.53. The average molecular weight is 265 g/mol. The Morgan fingerprint density at radius 3 is 2.89 bits per heavy atom. The number of hydrogen-bond acceptors (Lipinski definition) is 4. The van der Waals surface area contributed by atoms with Crippen LogP contribution in [0.1, 0.15) is 12.8 Å². The molecule has 1 aromatic heterocycles. The molecule has 0 spiro atoms. The molecule has 96 valence electrons. The van der Waals surface area contributed by atoms with Crippen LogP contribution in [0.25, 0.3) is 11.0 Å². The number of fused-ring (bicyclic) bond motifs is 1.